The Hall–Kier alpha value is -3.79. The number of sulfonamides is 1. The van der Waals surface area contributed by atoms with Crippen molar-refractivity contribution in [2.75, 3.05) is 32.2 Å². The Morgan fingerprint density at radius 1 is 1.08 bits per heavy atom. The van der Waals surface area contributed by atoms with E-state index in [2.05, 4.69) is 5.32 Å². The van der Waals surface area contributed by atoms with Crippen molar-refractivity contribution < 1.29 is 32.2 Å². The normalized spacial score (nSPS) is 13.6. The Bertz CT molecular complexity index is 1320. The van der Waals surface area contributed by atoms with Crippen molar-refractivity contribution in [1.82, 2.24) is 4.31 Å². The van der Waals surface area contributed by atoms with E-state index in [4.69, 9.17) is 14.2 Å². The summed E-state index contributed by atoms with van der Waals surface area (Å²) in [6.45, 7) is 6.19. The largest absolute Gasteiger partial charge is 0.497 e. The van der Waals surface area contributed by atoms with Crippen molar-refractivity contribution in [1.29, 1.82) is 0 Å². The van der Waals surface area contributed by atoms with E-state index in [0.29, 0.717) is 41.3 Å². The van der Waals surface area contributed by atoms with Crippen LogP contribution < -0.4 is 10.1 Å². The molecule has 0 atom stereocenters. The van der Waals surface area contributed by atoms with Gasteiger partial charge in [-0.2, -0.15) is 0 Å². The van der Waals surface area contributed by atoms with Gasteiger partial charge < -0.3 is 14.2 Å². The second-order valence-corrected chi connectivity index (χ2v) is 10.5. The van der Waals surface area contributed by atoms with Crippen LogP contribution in [0.1, 0.15) is 44.2 Å². The lowest BCUT2D eigenvalue weighted by molar-refractivity contribution is -0.137. The standard InChI is InChI=1S/C28H34N2O7S/c1-5-7-18-37-26(31)15-10-21-16-17-30(38(33,34)23-12-8-20(3)9-13-23)27(21)24-14-11-22(35-4)19-25(24)29-28(32)36-6-2/h8-15,19H,5-7,16-18H2,1-4H3,(H,29,32)/b15-10+. The molecule has 0 bridgehead atoms. The van der Waals surface area contributed by atoms with E-state index in [0.717, 1.165) is 18.4 Å². The highest BCUT2D eigenvalue weighted by Gasteiger charge is 2.34. The zero-order valence-corrected chi connectivity index (χ0v) is 23.0. The van der Waals surface area contributed by atoms with Gasteiger partial charge in [0.2, 0.25) is 0 Å². The summed E-state index contributed by atoms with van der Waals surface area (Å²) >= 11 is 0. The first-order chi connectivity index (χ1) is 18.2. The number of methoxy groups -OCH3 is 1. The number of nitrogens with zero attached hydrogens (tertiary/aromatic N) is 1. The van der Waals surface area contributed by atoms with Gasteiger partial charge in [0.05, 0.1) is 36.6 Å². The van der Waals surface area contributed by atoms with Gasteiger partial charge in [-0.05, 0) is 62.6 Å². The number of hydrogen-bond acceptors (Lipinski definition) is 7. The van der Waals surface area contributed by atoms with E-state index < -0.39 is 22.1 Å². The fourth-order valence-electron chi connectivity index (χ4n) is 3.93. The predicted octanol–water partition coefficient (Wildman–Crippen LogP) is 5.28. The Labute approximate surface area is 224 Å². The van der Waals surface area contributed by atoms with Gasteiger partial charge in [0.25, 0.3) is 10.0 Å². The van der Waals surface area contributed by atoms with Gasteiger partial charge in [-0.1, -0.05) is 31.0 Å². The van der Waals surface area contributed by atoms with E-state index in [1.165, 1.54) is 17.5 Å². The van der Waals surface area contributed by atoms with Crippen LogP contribution in [0.2, 0.25) is 0 Å². The molecule has 1 N–H and O–H groups in total. The van der Waals surface area contributed by atoms with Crippen LogP contribution in [0, 0.1) is 6.92 Å². The third-order valence-corrected chi connectivity index (χ3v) is 7.72. The summed E-state index contributed by atoms with van der Waals surface area (Å²) in [6.07, 6.45) is 4.19. The first-order valence-electron chi connectivity index (χ1n) is 12.5. The number of nitrogens with one attached hydrogen (secondary N) is 1. The number of rotatable bonds is 11. The summed E-state index contributed by atoms with van der Waals surface area (Å²) in [4.78, 5) is 24.7. The minimum atomic E-state index is -3.96. The number of aryl methyl sites for hydroxylation is 1. The highest BCUT2D eigenvalue weighted by molar-refractivity contribution is 7.89. The Kier molecular flexibility index (Phi) is 9.95. The third-order valence-electron chi connectivity index (χ3n) is 5.90. The molecule has 10 heteroatoms. The average molecular weight is 543 g/mol. The first kappa shape index (κ1) is 28.8. The maximum absolute atomic E-state index is 13.8. The monoisotopic (exact) mass is 542 g/mol. The fraction of sp³-hybridized carbons (Fsp3) is 0.357. The van der Waals surface area contributed by atoms with Crippen LogP contribution in [0.3, 0.4) is 0 Å². The molecule has 9 nitrogen and oxygen atoms in total. The molecule has 0 radical (unpaired) electrons. The molecule has 2 aromatic rings. The van der Waals surface area contributed by atoms with E-state index >= 15 is 0 Å². The topological polar surface area (TPSA) is 111 Å². The van der Waals surface area contributed by atoms with Crippen molar-refractivity contribution in [2.24, 2.45) is 0 Å². The second-order valence-electron chi connectivity index (χ2n) is 8.63. The summed E-state index contributed by atoms with van der Waals surface area (Å²) < 4.78 is 44.5. The van der Waals surface area contributed by atoms with Crippen LogP contribution in [-0.4, -0.2) is 51.7 Å². The van der Waals surface area contributed by atoms with Crippen LogP contribution in [0.15, 0.2) is 65.1 Å². The Balaban J connectivity index is 2.13. The van der Waals surface area contributed by atoms with Gasteiger partial charge in [-0.25, -0.2) is 18.0 Å². The molecule has 0 aliphatic carbocycles. The van der Waals surface area contributed by atoms with E-state index in [9.17, 15) is 18.0 Å². The number of esters is 1. The summed E-state index contributed by atoms with van der Waals surface area (Å²) in [5.41, 5.74) is 2.62. The summed E-state index contributed by atoms with van der Waals surface area (Å²) in [7, 11) is -2.47. The average Bonchev–Trinajstić information content (AvgIpc) is 3.32. The maximum atomic E-state index is 13.8. The molecular formula is C28H34N2O7S. The highest BCUT2D eigenvalue weighted by Crippen LogP contribution is 2.40. The molecule has 2 aromatic carbocycles. The van der Waals surface area contributed by atoms with Crippen molar-refractivity contribution in [3.05, 3.63) is 71.3 Å². The number of amides is 1. The smallest absolute Gasteiger partial charge is 0.411 e. The highest BCUT2D eigenvalue weighted by atomic mass is 32.2. The van der Waals surface area contributed by atoms with Gasteiger partial charge in [0.15, 0.2) is 0 Å². The number of allylic oxidation sites excluding steroid dienone is 1. The molecule has 0 spiro atoms. The summed E-state index contributed by atoms with van der Waals surface area (Å²) in [5.74, 6) is -0.0478. The molecule has 0 saturated heterocycles. The van der Waals surface area contributed by atoms with Crippen LogP contribution in [0.4, 0.5) is 10.5 Å². The molecule has 1 aliphatic heterocycles. The molecule has 0 unspecified atom stereocenters. The van der Waals surface area contributed by atoms with Crippen molar-refractivity contribution in [3.63, 3.8) is 0 Å². The van der Waals surface area contributed by atoms with Gasteiger partial charge in [0.1, 0.15) is 5.75 Å². The molecule has 1 aliphatic rings. The van der Waals surface area contributed by atoms with E-state index in [-0.39, 0.29) is 18.0 Å². The number of carbonyl (C=O) groups excluding carboxylic acids is 2. The molecule has 0 aromatic heterocycles. The summed E-state index contributed by atoms with van der Waals surface area (Å²) in [5, 5.41) is 2.69. The Morgan fingerprint density at radius 2 is 1.82 bits per heavy atom. The van der Waals surface area contributed by atoms with Gasteiger partial charge >= 0.3 is 12.1 Å². The number of ether oxygens (including phenoxy) is 3. The zero-order valence-electron chi connectivity index (χ0n) is 22.2. The van der Waals surface area contributed by atoms with Gasteiger partial charge in [0, 0.05) is 24.3 Å². The fourth-order valence-corrected chi connectivity index (χ4v) is 5.45. The lowest BCUT2D eigenvalue weighted by atomic mass is 10.0. The number of carbonyl (C=O) groups is 2. The van der Waals surface area contributed by atoms with Gasteiger partial charge in [-0.15, -0.1) is 0 Å². The summed E-state index contributed by atoms with van der Waals surface area (Å²) in [6, 6.07) is 11.5. The quantitative estimate of drug-likeness (QED) is 0.234. The zero-order chi connectivity index (χ0) is 27.7. The van der Waals surface area contributed by atoms with Crippen molar-refractivity contribution in [3.8, 4) is 5.75 Å². The molecule has 1 amide bonds. The van der Waals surface area contributed by atoms with Crippen molar-refractivity contribution >= 4 is 33.5 Å². The SMILES string of the molecule is CCCCOC(=O)/C=C/C1=C(c2ccc(OC)cc2NC(=O)OCC)N(S(=O)(=O)c2ccc(C)cc2)CC1. The molecule has 204 valence electrons. The predicted molar refractivity (Wildman–Crippen MR) is 145 cm³/mol. The number of anilines is 1. The number of hydrogen-bond donors (Lipinski definition) is 1. The maximum Gasteiger partial charge on any atom is 0.411 e. The number of unbranched alkanes of at least 4 members (excludes halogenated alkanes) is 1. The number of benzene rings is 2. The molecule has 38 heavy (non-hydrogen) atoms. The lowest BCUT2D eigenvalue weighted by Crippen LogP contribution is -2.28. The van der Waals surface area contributed by atoms with E-state index in [1.807, 2.05) is 13.8 Å². The lowest BCUT2D eigenvalue weighted by Gasteiger charge is -2.25. The molecule has 0 fully saturated rings. The minimum Gasteiger partial charge on any atom is -0.497 e. The van der Waals surface area contributed by atoms with Crippen LogP contribution in [0.25, 0.3) is 5.70 Å². The van der Waals surface area contributed by atoms with Crippen LogP contribution in [-0.2, 0) is 24.3 Å². The Morgan fingerprint density at radius 3 is 2.47 bits per heavy atom. The molecular weight excluding hydrogens is 508 g/mol. The van der Waals surface area contributed by atoms with Crippen LogP contribution in [0.5, 0.6) is 5.75 Å². The second kappa shape index (κ2) is 13.1. The molecule has 1 heterocycles. The third kappa shape index (κ3) is 6.95. The van der Waals surface area contributed by atoms with Crippen LogP contribution >= 0.6 is 0 Å². The van der Waals surface area contributed by atoms with Gasteiger partial charge in [-0.3, -0.25) is 9.62 Å². The molecule has 0 saturated carbocycles. The van der Waals surface area contributed by atoms with E-state index in [1.54, 1.807) is 55.5 Å². The first-order valence-corrected chi connectivity index (χ1v) is 13.9. The minimum absolute atomic E-state index is 0.137. The van der Waals surface area contributed by atoms with Crippen molar-refractivity contribution in [2.45, 2.75) is 44.9 Å². The molecule has 3 rings (SSSR count).